The van der Waals surface area contributed by atoms with Crippen LogP contribution in [0.25, 0.3) is 0 Å². The highest BCUT2D eigenvalue weighted by Gasteiger charge is 2.43. The quantitative estimate of drug-likeness (QED) is 0.778. The maximum atomic E-state index is 13.6. The molecular formula is C22H23NO5. The molecule has 0 aromatic heterocycles. The number of likely N-dealkylation sites (tertiary alicyclic amines) is 1. The number of carbonyl (C=O) groups excluding carboxylic acids is 2. The molecule has 1 aliphatic heterocycles. The average molecular weight is 381 g/mol. The molecule has 0 saturated carbocycles. The number of aliphatic carboxylic acids is 1. The Morgan fingerprint density at radius 3 is 2.04 bits per heavy atom. The standard InChI is InChI=1S/C22H23NO5/c1-28-22(27)18-12-15(13-19(24)25)14-23(18)21(26)20(16-8-4-2-5-9-16)17-10-6-3-7-11-17/h2-11,15,18,20H,12-14H2,1H3,(H,24,25)/t15-,18+/m1/s1. The Bertz CT molecular complexity index is 797. The molecule has 1 fully saturated rings. The molecule has 6 heteroatoms. The molecule has 1 aliphatic rings. The van der Waals surface area contributed by atoms with Gasteiger partial charge >= 0.3 is 11.9 Å². The minimum atomic E-state index is -0.939. The molecule has 0 radical (unpaired) electrons. The van der Waals surface area contributed by atoms with Crippen molar-refractivity contribution in [1.82, 2.24) is 4.90 Å². The molecule has 2 aromatic rings. The van der Waals surface area contributed by atoms with Crippen molar-refractivity contribution in [2.24, 2.45) is 5.92 Å². The number of carbonyl (C=O) groups is 3. The van der Waals surface area contributed by atoms with Crippen LogP contribution in [0.2, 0.25) is 0 Å². The van der Waals surface area contributed by atoms with Gasteiger partial charge in [-0.2, -0.15) is 0 Å². The molecule has 1 N–H and O–H groups in total. The van der Waals surface area contributed by atoms with Gasteiger partial charge in [0.2, 0.25) is 5.91 Å². The van der Waals surface area contributed by atoms with Crippen LogP contribution in [0.1, 0.15) is 29.9 Å². The van der Waals surface area contributed by atoms with Gasteiger partial charge in [0.05, 0.1) is 13.0 Å². The van der Waals surface area contributed by atoms with Gasteiger partial charge in [0, 0.05) is 13.0 Å². The monoisotopic (exact) mass is 381 g/mol. The fraction of sp³-hybridized carbons (Fsp3) is 0.318. The normalized spacial score (nSPS) is 18.9. The molecule has 1 saturated heterocycles. The van der Waals surface area contributed by atoms with Crippen LogP contribution in [0.15, 0.2) is 60.7 Å². The maximum Gasteiger partial charge on any atom is 0.328 e. The molecule has 2 atom stereocenters. The molecule has 2 aromatic carbocycles. The van der Waals surface area contributed by atoms with Crippen LogP contribution in [0.3, 0.4) is 0 Å². The van der Waals surface area contributed by atoms with E-state index in [1.54, 1.807) is 0 Å². The summed E-state index contributed by atoms with van der Waals surface area (Å²) in [6.45, 7) is 0.223. The summed E-state index contributed by atoms with van der Waals surface area (Å²) in [7, 11) is 1.28. The number of esters is 1. The summed E-state index contributed by atoms with van der Waals surface area (Å²) in [5, 5.41) is 9.13. The SMILES string of the molecule is COC(=O)[C@@H]1C[C@H](CC(=O)O)CN1C(=O)C(c1ccccc1)c1ccccc1. The van der Waals surface area contributed by atoms with Crippen molar-refractivity contribution in [2.75, 3.05) is 13.7 Å². The van der Waals surface area contributed by atoms with E-state index >= 15 is 0 Å². The van der Waals surface area contributed by atoms with Crippen LogP contribution >= 0.6 is 0 Å². The zero-order chi connectivity index (χ0) is 20.1. The number of hydrogen-bond donors (Lipinski definition) is 1. The van der Waals surface area contributed by atoms with Crippen molar-refractivity contribution in [2.45, 2.75) is 24.8 Å². The van der Waals surface area contributed by atoms with Gasteiger partial charge in [0.15, 0.2) is 0 Å². The van der Waals surface area contributed by atoms with E-state index in [9.17, 15) is 14.4 Å². The van der Waals surface area contributed by atoms with Gasteiger partial charge < -0.3 is 14.7 Å². The van der Waals surface area contributed by atoms with Crippen molar-refractivity contribution < 1.29 is 24.2 Å². The summed E-state index contributed by atoms with van der Waals surface area (Å²) in [4.78, 5) is 38.5. The fourth-order valence-corrected chi connectivity index (χ4v) is 3.86. The van der Waals surface area contributed by atoms with Crippen LogP contribution in [-0.4, -0.2) is 47.5 Å². The van der Waals surface area contributed by atoms with E-state index in [1.807, 2.05) is 60.7 Å². The van der Waals surface area contributed by atoms with E-state index in [0.717, 1.165) is 11.1 Å². The largest absolute Gasteiger partial charge is 0.481 e. The van der Waals surface area contributed by atoms with Crippen molar-refractivity contribution in [3.05, 3.63) is 71.8 Å². The van der Waals surface area contributed by atoms with Crippen molar-refractivity contribution >= 4 is 17.8 Å². The van der Waals surface area contributed by atoms with E-state index in [-0.39, 0.29) is 24.8 Å². The molecule has 1 heterocycles. The van der Waals surface area contributed by atoms with E-state index in [0.29, 0.717) is 6.42 Å². The summed E-state index contributed by atoms with van der Waals surface area (Å²) in [5.74, 6) is -2.52. The van der Waals surface area contributed by atoms with E-state index < -0.39 is 23.9 Å². The Morgan fingerprint density at radius 1 is 1.04 bits per heavy atom. The lowest BCUT2D eigenvalue weighted by molar-refractivity contribution is -0.151. The molecular weight excluding hydrogens is 358 g/mol. The second kappa shape index (κ2) is 8.69. The van der Waals surface area contributed by atoms with Crippen molar-refractivity contribution in [3.8, 4) is 0 Å². The lowest BCUT2D eigenvalue weighted by Gasteiger charge is -2.28. The third-order valence-corrected chi connectivity index (χ3v) is 5.12. The van der Waals surface area contributed by atoms with E-state index in [4.69, 9.17) is 9.84 Å². The summed E-state index contributed by atoms with van der Waals surface area (Å²) in [6.07, 6.45) is 0.208. The van der Waals surface area contributed by atoms with Gasteiger partial charge in [-0.05, 0) is 23.5 Å². The lowest BCUT2D eigenvalue weighted by atomic mass is 9.90. The molecule has 28 heavy (non-hydrogen) atoms. The fourth-order valence-electron chi connectivity index (χ4n) is 3.86. The number of nitrogens with zero attached hydrogens (tertiary/aromatic N) is 1. The molecule has 3 rings (SSSR count). The molecule has 0 aliphatic carbocycles. The second-order valence-electron chi connectivity index (χ2n) is 6.98. The number of rotatable bonds is 6. The second-order valence-corrected chi connectivity index (χ2v) is 6.98. The summed E-state index contributed by atoms with van der Waals surface area (Å²) in [6, 6.07) is 18.0. The number of ether oxygens (including phenoxy) is 1. The molecule has 146 valence electrons. The summed E-state index contributed by atoms with van der Waals surface area (Å²) in [5.41, 5.74) is 1.65. The van der Waals surface area contributed by atoms with Crippen LogP contribution in [0.5, 0.6) is 0 Å². The molecule has 0 spiro atoms. The van der Waals surface area contributed by atoms with Gasteiger partial charge in [-0.25, -0.2) is 4.79 Å². The first kappa shape index (κ1) is 19.6. The van der Waals surface area contributed by atoms with Crippen molar-refractivity contribution in [3.63, 3.8) is 0 Å². The Morgan fingerprint density at radius 2 is 1.57 bits per heavy atom. The number of hydrogen-bond acceptors (Lipinski definition) is 4. The highest BCUT2D eigenvalue weighted by molar-refractivity contribution is 5.91. The number of carboxylic acids is 1. The molecule has 0 bridgehead atoms. The minimum absolute atomic E-state index is 0.0847. The minimum Gasteiger partial charge on any atom is -0.481 e. The van der Waals surface area contributed by atoms with Gasteiger partial charge in [0.1, 0.15) is 6.04 Å². The zero-order valence-electron chi connectivity index (χ0n) is 15.7. The summed E-state index contributed by atoms with van der Waals surface area (Å²) < 4.78 is 4.88. The van der Waals surface area contributed by atoms with Crippen LogP contribution in [0, 0.1) is 5.92 Å². The lowest BCUT2D eigenvalue weighted by Crippen LogP contribution is -2.43. The Balaban J connectivity index is 1.96. The number of benzene rings is 2. The van der Waals surface area contributed by atoms with Crippen LogP contribution in [0.4, 0.5) is 0 Å². The predicted octanol–water partition coefficient (Wildman–Crippen LogP) is 2.68. The highest BCUT2D eigenvalue weighted by Crippen LogP contribution is 2.33. The Labute approximate surface area is 163 Å². The third kappa shape index (κ3) is 4.22. The zero-order valence-corrected chi connectivity index (χ0v) is 15.7. The summed E-state index contributed by atoms with van der Waals surface area (Å²) >= 11 is 0. The number of amides is 1. The van der Waals surface area contributed by atoms with Gasteiger partial charge in [0.25, 0.3) is 0 Å². The Hall–Kier alpha value is -3.15. The molecule has 1 amide bonds. The number of carboxylic acid groups (broad SMARTS) is 1. The molecule has 0 unspecified atom stereocenters. The Kier molecular flexibility index (Phi) is 6.09. The van der Waals surface area contributed by atoms with E-state index in [2.05, 4.69) is 0 Å². The number of methoxy groups -OCH3 is 1. The first-order valence-corrected chi connectivity index (χ1v) is 9.21. The van der Waals surface area contributed by atoms with Gasteiger partial charge in [-0.3, -0.25) is 9.59 Å². The first-order valence-electron chi connectivity index (χ1n) is 9.21. The topological polar surface area (TPSA) is 83.9 Å². The van der Waals surface area contributed by atoms with Gasteiger partial charge in [-0.15, -0.1) is 0 Å². The first-order chi connectivity index (χ1) is 13.5. The van der Waals surface area contributed by atoms with Crippen LogP contribution in [-0.2, 0) is 19.1 Å². The average Bonchev–Trinajstić information content (AvgIpc) is 3.12. The van der Waals surface area contributed by atoms with E-state index in [1.165, 1.54) is 12.0 Å². The smallest absolute Gasteiger partial charge is 0.328 e. The molecule has 6 nitrogen and oxygen atoms in total. The van der Waals surface area contributed by atoms with Gasteiger partial charge in [-0.1, -0.05) is 60.7 Å². The third-order valence-electron chi connectivity index (χ3n) is 5.12. The predicted molar refractivity (Wildman–Crippen MR) is 103 cm³/mol. The van der Waals surface area contributed by atoms with Crippen molar-refractivity contribution in [1.29, 1.82) is 0 Å². The van der Waals surface area contributed by atoms with Crippen LogP contribution < -0.4 is 0 Å². The highest BCUT2D eigenvalue weighted by atomic mass is 16.5. The maximum absolute atomic E-state index is 13.6.